The van der Waals surface area contributed by atoms with Crippen LogP contribution >= 0.6 is 11.6 Å². The first kappa shape index (κ1) is 16.1. The highest BCUT2D eigenvalue weighted by atomic mass is 35.5. The summed E-state index contributed by atoms with van der Waals surface area (Å²) >= 11 is 5.68. The van der Waals surface area contributed by atoms with Gasteiger partial charge < -0.3 is 4.18 Å². The number of nitro benzene ring substituents is 1. The molecule has 2 aromatic carbocycles. The lowest BCUT2D eigenvalue weighted by Gasteiger charge is -2.09. The van der Waals surface area contributed by atoms with Crippen LogP contribution in [0.4, 0.5) is 14.5 Å². The summed E-state index contributed by atoms with van der Waals surface area (Å²) < 4.78 is 55.0. The van der Waals surface area contributed by atoms with E-state index in [0.29, 0.717) is 12.1 Å². The molecule has 0 aliphatic carbocycles. The predicted molar refractivity (Wildman–Crippen MR) is 72.3 cm³/mol. The zero-order valence-electron chi connectivity index (χ0n) is 10.5. The summed E-state index contributed by atoms with van der Waals surface area (Å²) in [7, 11) is -4.69. The molecule has 0 fully saturated rings. The van der Waals surface area contributed by atoms with Crippen LogP contribution in [0, 0.1) is 21.7 Å². The molecule has 0 unspecified atom stereocenters. The van der Waals surface area contributed by atoms with Crippen molar-refractivity contribution >= 4 is 27.4 Å². The molecule has 10 heteroatoms. The van der Waals surface area contributed by atoms with Crippen molar-refractivity contribution in [2.24, 2.45) is 0 Å². The average molecular weight is 350 g/mol. The summed E-state index contributed by atoms with van der Waals surface area (Å²) in [4.78, 5) is 8.80. The highest BCUT2D eigenvalue weighted by Crippen LogP contribution is 2.31. The van der Waals surface area contributed by atoms with Crippen LogP contribution in [-0.4, -0.2) is 13.3 Å². The molecule has 0 aliphatic rings. The average Bonchev–Trinajstić information content (AvgIpc) is 2.43. The molecule has 22 heavy (non-hydrogen) atoms. The topological polar surface area (TPSA) is 86.5 Å². The van der Waals surface area contributed by atoms with Gasteiger partial charge in [-0.25, -0.2) is 8.78 Å². The number of halogens is 3. The van der Waals surface area contributed by atoms with Gasteiger partial charge in [0.15, 0.2) is 5.75 Å². The van der Waals surface area contributed by atoms with Gasteiger partial charge in [0.2, 0.25) is 0 Å². The van der Waals surface area contributed by atoms with Crippen molar-refractivity contribution in [1.29, 1.82) is 0 Å². The van der Waals surface area contributed by atoms with E-state index in [4.69, 9.17) is 11.6 Å². The molecule has 0 saturated heterocycles. The third-order valence-electron chi connectivity index (χ3n) is 2.49. The van der Waals surface area contributed by atoms with Gasteiger partial charge in [0.1, 0.15) is 16.5 Å². The van der Waals surface area contributed by atoms with E-state index in [1.165, 1.54) is 0 Å². The maximum atomic E-state index is 13.5. The largest absolute Gasteiger partial charge is 0.377 e. The Morgan fingerprint density at radius 1 is 1.14 bits per heavy atom. The van der Waals surface area contributed by atoms with Gasteiger partial charge in [0, 0.05) is 12.1 Å². The first-order chi connectivity index (χ1) is 10.2. The molecule has 0 amide bonds. The molecular weight excluding hydrogens is 344 g/mol. The van der Waals surface area contributed by atoms with Gasteiger partial charge in [-0.05, 0) is 24.3 Å². The smallest absolute Gasteiger partial charge is 0.342 e. The van der Waals surface area contributed by atoms with E-state index in [2.05, 4.69) is 4.18 Å². The Morgan fingerprint density at radius 3 is 2.41 bits per heavy atom. The van der Waals surface area contributed by atoms with Gasteiger partial charge in [0.25, 0.3) is 5.69 Å². The summed E-state index contributed by atoms with van der Waals surface area (Å²) in [5, 5.41) is 10.2. The Hall–Kier alpha value is -2.26. The van der Waals surface area contributed by atoms with Crippen molar-refractivity contribution in [2.45, 2.75) is 4.90 Å². The zero-order chi connectivity index (χ0) is 16.5. The van der Waals surface area contributed by atoms with Crippen LogP contribution in [0.25, 0.3) is 0 Å². The van der Waals surface area contributed by atoms with Crippen LogP contribution in [-0.2, 0) is 10.1 Å². The summed E-state index contributed by atoms with van der Waals surface area (Å²) in [5.41, 5.74) is -0.383. The molecule has 6 nitrogen and oxygen atoms in total. The quantitative estimate of drug-likeness (QED) is 0.480. The normalized spacial score (nSPS) is 11.2. The maximum absolute atomic E-state index is 13.5. The molecule has 0 aromatic heterocycles. The molecule has 2 rings (SSSR count). The van der Waals surface area contributed by atoms with Crippen LogP contribution in [0.1, 0.15) is 0 Å². The summed E-state index contributed by atoms with van der Waals surface area (Å²) in [6.07, 6.45) is 0. The van der Waals surface area contributed by atoms with Crippen LogP contribution in [0.15, 0.2) is 41.3 Å². The lowest BCUT2D eigenvalue weighted by Crippen LogP contribution is -2.12. The van der Waals surface area contributed by atoms with E-state index < -0.39 is 37.3 Å². The lowest BCUT2D eigenvalue weighted by molar-refractivity contribution is -0.384. The molecule has 0 atom stereocenters. The zero-order valence-corrected chi connectivity index (χ0v) is 12.1. The van der Waals surface area contributed by atoms with E-state index in [0.717, 1.165) is 24.3 Å². The molecule has 0 radical (unpaired) electrons. The molecule has 0 saturated carbocycles. The van der Waals surface area contributed by atoms with Crippen molar-refractivity contribution < 1.29 is 26.3 Å². The number of rotatable bonds is 4. The number of hydrogen-bond acceptors (Lipinski definition) is 5. The van der Waals surface area contributed by atoms with Gasteiger partial charge in [-0.15, -0.1) is 0 Å². The van der Waals surface area contributed by atoms with E-state index in [-0.39, 0.29) is 10.7 Å². The van der Waals surface area contributed by atoms with E-state index in [9.17, 15) is 27.3 Å². The number of benzene rings is 2. The number of hydrogen-bond donors (Lipinski definition) is 0. The monoisotopic (exact) mass is 349 g/mol. The molecule has 0 N–H and O–H groups in total. The third kappa shape index (κ3) is 3.31. The van der Waals surface area contributed by atoms with Crippen molar-refractivity contribution in [3.63, 3.8) is 0 Å². The van der Waals surface area contributed by atoms with E-state index >= 15 is 0 Å². The fourth-order valence-electron chi connectivity index (χ4n) is 1.50. The second-order valence-corrected chi connectivity index (χ2v) is 5.91. The van der Waals surface area contributed by atoms with Crippen molar-refractivity contribution in [3.8, 4) is 5.75 Å². The Labute approximate surface area is 128 Å². The highest BCUT2D eigenvalue weighted by molar-refractivity contribution is 7.87. The second-order valence-electron chi connectivity index (χ2n) is 3.98. The molecular formula is C12H6ClF2NO5S. The Morgan fingerprint density at radius 2 is 1.82 bits per heavy atom. The molecule has 0 bridgehead atoms. The maximum Gasteiger partial charge on any atom is 0.342 e. The van der Waals surface area contributed by atoms with E-state index in [1.54, 1.807) is 0 Å². The van der Waals surface area contributed by atoms with Gasteiger partial charge in [-0.1, -0.05) is 11.6 Å². The first-order valence-corrected chi connectivity index (χ1v) is 7.33. The Kier molecular flexibility index (Phi) is 4.29. The molecule has 0 heterocycles. The predicted octanol–water partition coefficient (Wildman–Crippen LogP) is 3.29. The van der Waals surface area contributed by atoms with Crippen molar-refractivity contribution in [3.05, 3.63) is 63.2 Å². The third-order valence-corrected chi connectivity index (χ3v) is 4.03. The molecule has 0 aliphatic heterocycles. The van der Waals surface area contributed by atoms with Gasteiger partial charge >= 0.3 is 10.1 Å². The number of non-ortho nitro benzene ring substituents is 1. The fraction of sp³-hybridized carbons (Fsp3) is 0. The summed E-state index contributed by atoms with van der Waals surface area (Å²) in [5.74, 6) is -2.63. The highest BCUT2D eigenvalue weighted by Gasteiger charge is 2.24. The number of nitro groups is 1. The molecule has 0 spiro atoms. The minimum absolute atomic E-state index is 0.366. The Balaban J connectivity index is 2.41. The molecule has 116 valence electrons. The van der Waals surface area contributed by atoms with Crippen molar-refractivity contribution in [2.75, 3.05) is 0 Å². The van der Waals surface area contributed by atoms with Crippen LogP contribution in [0.2, 0.25) is 5.02 Å². The van der Waals surface area contributed by atoms with Crippen LogP contribution < -0.4 is 4.18 Å². The minimum Gasteiger partial charge on any atom is -0.377 e. The summed E-state index contributed by atoms with van der Waals surface area (Å²) in [6.45, 7) is 0. The Bertz CT molecular complexity index is 857. The summed E-state index contributed by atoms with van der Waals surface area (Å²) in [6, 6.07) is 4.59. The van der Waals surface area contributed by atoms with Crippen LogP contribution in [0.3, 0.4) is 0 Å². The second kappa shape index (κ2) is 5.85. The van der Waals surface area contributed by atoms with Crippen molar-refractivity contribution in [1.82, 2.24) is 0 Å². The first-order valence-electron chi connectivity index (χ1n) is 5.54. The fourth-order valence-corrected chi connectivity index (χ4v) is 2.80. The molecule has 2 aromatic rings. The van der Waals surface area contributed by atoms with Crippen LogP contribution in [0.5, 0.6) is 5.75 Å². The SMILES string of the molecule is O=[N+]([O-])c1ccc(OS(=O)(=O)c2cc(F)ccc2F)c(Cl)c1. The lowest BCUT2D eigenvalue weighted by atomic mass is 10.3. The van der Waals surface area contributed by atoms with Gasteiger partial charge in [-0.3, -0.25) is 10.1 Å². The van der Waals surface area contributed by atoms with E-state index in [1.807, 2.05) is 0 Å². The van der Waals surface area contributed by atoms with Gasteiger partial charge in [-0.2, -0.15) is 8.42 Å². The minimum atomic E-state index is -4.69. The standard InChI is InChI=1S/C12H6ClF2NO5S/c13-9-6-8(16(17)18)2-4-11(9)21-22(19,20)12-5-7(14)1-3-10(12)15/h1-6H. The number of nitrogens with zero attached hydrogens (tertiary/aromatic N) is 1. The van der Waals surface area contributed by atoms with Gasteiger partial charge in [0.05, 0.1) is 9.95 Å².